The second-order valence-corrected chi connectivity index (χ2v) is 4.91. The van der Waals surface area contributed by atoms with E-state index in [1.807, 2.05) is 13.8 Å². The number of nitrogens with two attached hydrogens (primary N) is 1. The van der Waals surface area contributed by atoms with E-state index in [2.05, 4.69) is 4.98 Å². The molecule has 102 valence electrons. The Bertz CT molecular complexity index is 631. The van der Waals surface area contributed by atoms with Crippen LogP contribution >= 0.6 is 0 Å². The second kappa shape index (κ2) is 4.40. The lowest BCUT2D eigenvalue weighted by molar-refractivity contribution is -0.137. The van der Waals surface area contributed by atoms with Crippen molar-refractivity contribution in [2.75, 3.05) is 5.73 Å². The van der Waals surface area contributed by atoms with E-state index in [0.29, 0.717) is 16.8 Å². The number of aryl methyl sites for hydroxylation is 1. The van der Waals surface area contributed by atoms with E-state index in [1.54, 1.807) is 6.92 Å². The fourth-order valence-corrected chi connectivity index (χ4v) is 2.34. The third kappa shape index (κ3) is 2.37. The maximum atomic E-state index is 12.7. The molecule has 2 nitrogen and oxygen atoms in total. The van der Waals surface area contributed by atoms with Crippen LogP contribution in [0.1, 0.15) is 36.6 Å². The zero-order valence-electron chi connectivity index (χ0n) is 11.0. The van der Waals surface area contributed by atoms with Crippen molar-refractivity contribution in [1.82, 2.24) is 4.98 Å². The van der Waals surface area contributed by atoms with Crippen LogP contribution in [0.15, 0.2) is 18.2 Å². The summed E-state index contributed by atoms with van der Waals surface area (Å²) in [5, 5.41) is 0.572. The van der Waals surface area contributed by atoms with Crippen LogP contribution in [-0.4, -0.2) is 4.98 Å². The van der Waals surface area contributed by atoms with Gasteiger partial charge in [-0.15, -0.1) is 0 Å². The van der Waals surface area contributed by atoms with Crippen molar-refractivity contribution in [3.8, 4) is 0 Å². The van der Waals surface area contributed by atoms with Crippen LogP contribution in [0, 0.1) is 6.92 Å². The molecule has 0 spiro atoms. The third-order valence-electron chi connectivity index (χ3n) is 3.16. The van der Waals surface area contributed by atoms with E-state index in [9.17, 15) is 13.2 Å². The van der Waals surface area contributed by atoms with E-state index < -0.39 is 11.7 Å². The summed E-state index contributed by atoms with van der Waals surface area (Å²) in [6, 6.07) is 3.48. The summed E-state index contributed by atoms with van der Waals surface area (Å²) < 4.78 is 38.0. The van der Waals surface area contributed by atoms with Crippen molar-refractivity contribution in [3.63, 3.8) is 0 Å². The average Bonchev–Trinajstić information content (AvgIpc) is 2.26. The molecule has 0 aliphatic carbocycles. The highest BCUT2D eigenvalue weighted by Gasteiger charge is 2.30. The fourth-order valence-electron chi connectivity index (χ4n) is 2.34. The maximum absolute atomic E-state index is 12.7. The number of rotatable bonds is 1. The molecular formula is C14H15F3N2. The number of fused-ring (bicyclic) bond motifs is 1. The molecule has 19 heavy (non-hydrogen) atoms. The van der Waals surface area contributed by atoms with Gasteiger partial charge in [-0.2, -0.15) is 13.2 Å². The number of anilines is 1. The highest BCUT2D eigenvalue weighted by molar-refractivity contribution is 5.92. The number of pyridine rings is 1. The SMILES string of the molecule is Cc1nc2cc(C(F)(F)F)ccc2c(N)c1C(C)C. The number of nitrogens with zero attached hydrogens (tertiary/aromatic N) is 1. The minimum Gasteiger partial charge on any atom is -0.398 e. The number of nitrogen functional groups attached to an aromatic ring is 1. The first-order valence-corrected chi connectivity index (χ1v) is 5.98. The van der Waals surface area contributed by atoms with Gasteiger partial charge in [-0.25, -0.2) is 0 Å². The maximum Gasteiger partial charge on any atom is 0.416 e. The molecule has 0 unspecified atom stereocenters. The summed E-state index contributed by atoms with van der Waals surface area (Å²) in [4.78, 5) is 4.25. The Morgan fingerprint density at radius 2 is 1.84 bits per heavy atom. The lowest BCUT2D eigenvalue weighted by Gasteiger charge is -2.16. The van der Waals surface area contributed by atoms with Crippen molar-refractivity contribution in [2.45, 2.75) is 32.9 Å². The molecule has 2 rings (SSSR count). The Hall–Kier alpha value is -1.78. The van der Waals surface area contributed by atoms with Crippen LogP contribution in [-0.2, 0) is 6.18 Å². The fraction of sp³-hybridized carbons (Fsp3) is 0.357. The van der Waals surface area contributed by atoms with Gasteiger partial charge in [-0.1, -0.05) is 19.9 Å². The van der Waals surface area contributed by atoms with Crippen LogP contribution in [0.2, 0.25) is 0 Å². The zero-order valence-corrected chi connectivity index (χ0v) is 11.0. The molecule has 0 bridgehead atoms. The smallest absolute Gasteiger partial charge is 0.398 e. The van der Waals surface area contributed by atoms with Gasteiger partial charge in [0.05, 0.1) is 11.1 Å². The van der Waals surface area contributed by atoms with Crippen LogP contribution in [0.25, 0.3) is 10.9 Å². The van der Waals surface area contributed by atoms with Gasteiger partial charge in [-0.05, 0) is 30.5 Å². The molecule has 1 aromatic carbocycles. The predicted molar refractivity (Wildman–Crippen MR) is 70.0 cm³/mol. The molecule has 0 saturated heterocycles. The Balaban J connectivity index is 2.74. The quantitative estimate of drug-likeness (QED) is 0.839. The van der Waals surface area contributed by atoms with Crippen molar-refractivity contribution >= 4 is 16.6 Å². The lowest BCUT2D eigenvalue weighted by Crippen LogP contribution is -2.07. The lowest BCUT2D eigenvalue weighted by atomic mass is 9.96. The van der Waals surface area contributed by atoms with E-state index >= 15 is 0 Å². The van der Waals surface area contributed by atoms with E-state index in [4.69, 9.17) is 5.73 Å². The Morgan fingerprint density at radius 1 is 1.21 bits per heavy atom. The van der Waals surface area contributed by atoms with Crippen molar-refractivity contribution in [2.24, 2.45) is 0 Å². The van der Waals surface area contributed by atoms with Crippen LogP contribution in [0.5, 0.6) is 0 Å². The summed E-state index contributed by atoms with van der Waals surface area (Å²) >= 11 is 0. The molecule has 0 atom stereocenters. The number of aromatic nitrogens is 1. The van der Waals surface area contributed by atoms with Gasteiger partial charge in [0.2, 0.25) is 0 Å². The van der Waals surface area contributed by atoms with E-state index in [1.165, 1.54) is 6.07 Å². The first kappa shape index (κ1) is 13.6. The molecule has 0 amide bonds. The molecule has 5 heteroatoms. The van der Waals surface area contributed by atoms with E-state index in [-0.39, 0.29) is 11.4 Å². The first-order valence-electron chi connectivity index (χ1n) is 5.98. The third-order valence-corrected chi connectivity index (χ3v) is 3.16. The van der Waals surface area contributed by atoms with Gasteiger partial charge in [0.1, 0.15) is 0 Å². The number of alkyl halides is 3. The van der Waals surface area contributed by atoms with Gasteiger partial charge in [0, 0.05) is 16.8 Å². The largest absolute Gasteiger partial charge is 0.416 e. The Kier molecular flexibility index (Phi) is 3.16. The number of halogens is 3. The van der Waals surface area contributed by atoms with Gasteiger partial charge in [-0.3, -0.25) is 4.98 Å². The van der Waals surface area contributed by atoms with Gasteiger partial charge in [0.15, 0.2) is 0 Å². The molecule has 0 radical (unpaired) electrons. The summed E-state index contributed by atoms with van der Waals surface area (Å²) in [6.45, 7) is 5.73. The molecule has 2 N–H and O–H groups in total. The summed E-state index contributed by atoms with van der Waals surface area (Å²) in [5.74, 6) is 0.180. The number of hydrogen-bond acceptors (Lipinski definition) is 2. The minimum absolute atomic E-state index is 0.180. The Morgan fingerprint density at radius 3 is 2.37 bits per heavy atom. The number of hydrogen-bond donors (Lipinski definition) is 1. The first-order chi connectivity index (χ1) is 8.71. The summed E-state index contributed by atoms with van der Waals surface area (Å²) in [5.41, 5.74) is 7.74. The van der Waals surface area contributed by atoms with Crippen molar-refractivity contribution in [1.29, 1.82) is 0 Å². The second-order valence-electron chi connectivity index (χ2n) is 4.91. The normalized spacial score (nSPS) is 12.4. The molecule has 1 heterocycles. The Labute approximate surface area is 109 Å². The van der Waals surface area contributed by atoms with Crippen molar-refractivity contribution < 1.29 is 13.2 Å². The average molecular weight is 268 g/mol. The molecule has 0 fully saturated rings. The predicted octanol–water partition coefficient (Wildman–Crippen LogP) is 4.27. The molecule has 1 aromatic heterocycles. The van der Waals surface area contributed by atoms with Gasteiger partial charge in [0.25, 0.3) is 0 Å². The standard InChI is InChI=1S/C14H15F3N2/c1-7(2)12-8(3)19-11-6-9(14(15,16)17)4-5-10(11)13(12)18/h4-7H,1-3H3,(H2,18,19). The molecule has 2 aromatic rings. The highest BCUT2D eigenvalue weighted by atomic mass is 19.4. The molecule has 0 aliphatic heterocycles. The number of benzene rings is 1. The van der Waals surface area contributed by atoms with Crippen LogP contribution < -0.4 is 5.73 Å². The van der Waals surface area contributed by atoms with Gasteiger partial charge < -0.3 is 5.73 Å². The molecular weight excluding hydrogens is 253 g/mol. The van der Waals surface area contributed by atoms with Crippen molar-refractivity contribution in [3.05, 3.63) is 35.0 Å². The van der Waals surface area contributed by atoms with Crippen LogP contribution in [0.3, 0.4) is 0 Å². The highest BCUT2D eigenvalue weighted by Crippen LogP contribution is 2.35. The van der Waals surface area contributed by atoms with Gasteiger partial charge >= 0.3 is 6.18 Å². The summed E-state index contributed by atoms with van der Waals surface area (Å²) in [6.07, 6.45) is -4.37. The zero-order chi connectivity index (χ0) is 14.4. The van der Waals surface area contributed by atoms with E-state index in [0.717, 1.165) is 17.7 Å². The summed E-state index contributed by atoms with van der Waals surface area (Å²) in [7, 11) is 0. The molecule has 0 aliphatic rings. The molecule has 0 saturated carbocycles. The monoisotopic (exact) mass is 268 g/mol. The topological polar surface area (TPSA) is 38.9 Å². The van der Waals surface area contributed by atoms with Crippen LogP contribution in [0.4, 0.5) is 18.9 Å². The minimum atomic E-state index is -4.37.